The molecule has 0 N–H and O–H groups in total. The Morgan fingerprint density at radius 3 is 2.27 bits per heavy atom. The van der Waals surface area contributed by atoms with Crippen LogP contribution in [0, 0.1) is 0 Å². The van der Waals surface area contributed by atoms with E-state index in [9.17, 15) is 14.4 Å². The number of rotatable bonds is 8. The highest BCUT2D eigenvalue weighted by Crippen LogP contribution is 2.26. The number of carbonyl (C=O) groups excluding carboxylic acids is 3. The Labute approximate surface area is 159 Å². The van der Waals surface area contributed by atoms with Gasteiger partial charge in [0.1, 0.15) is 11.4 Å². The first-order valence-electron chi connectivity index (χ1n) is 8.42. The van der Waals surface area contributed by atoms with Crippen LogP contribution >= 0.6 is 11.6 Å². The molecule has 0 spiro atoms. The van der Waals surface area contributed by atoms with E-state index in [-0.39, 0.29) is 18.4 Å². The number of nitrogens with zero attached hydrogens (tertiary/aromatic N) is 1. The van der Waals surface area contributed by atoms with Crippen molar-refractivity contribution < 1.29 is 23.9 Å². The number of benzene rings is 1. The summed E-state index contributed by atoms with van der Waals surface area (Å²) >= 11 is 5.52. The van der Waals surface area contributed by atoms with Crippen molar-refractivity contribution in [1.29, 1.82) is 0 Å². The molecule has 1 rings (SSSR count). The summed E-state index contributed by atoms with van der Waals surface area (Å²) in [6, 6.07) is 7.50. The zero-order chi connectivity index (χ0) is 19.7. The summed E-state index contributed by atoms with van der Waals surface area (Å²) in [7, 11) is 0. The SMILES string of the molecule is CC(=O)CCCN(C(=O)OCCl)[C@H](C(=O)OC(C)(C)C)c1ccccc1. The number of hydrogen-bond donors (Lipinski definition) is 0. The summed E-state index contributed by atoms with van der Waals surface area (Å²) in [5.74, 6) is -0.567. The standard InChI is InChI=1S/C19H26ClNO5/c1-14(22)9-8-12-21(18(24)25-13-20)16(15-10-6-5-7-11-15)17(23)26-19(2,3)4/h5-7,10-11,16H,8-9,12-13H2,1-4H3/t16-/m0/s1. The minimum absolute atomic E-state index is 0.00388. The normalized spacial score (nSPS) is 12.2. The third kappa shape index (κ3) is 7.44. The summed E-state index contributed by atoms with van der Waals surface area (Å²) < 4.78 is 10.4. The topological polar surface area (TPSA) is 72.9 Å². The third-order valence-electron chi connectivity index (χ3n) is 3.40. The predicted molar refractivity (Wildman–Crippen MR) is 98.9 cm³/mol. The van der Waals surface area contributed by atoms with Gasteiger partial charge in [-0.25, -0.2) is 9.59 Å². The van der Waals surface area contributed by atoms with E-state index in [1.54, 1.807) is 45.0 Å². The van der Waals surface area contributed by atoms with Crippen LogP contribution in [0.3, 0.4) is 0 Å². The van der Waals surface area contributed by atoms with Gasteiger partial charge < -0.3 is 14.3 Å². The average molecular weight is 384 g/mol. The number of amides is 1. The second-order valence-corrected chi connectivity index (χ2v) is 7.08. The van der Waals surface area contributed by atoms with Crippen LogP contribution in [0.1, 0.15) is 52.1 Å². The van der Waals surface area contributed by atoms with Crippen molar-refractivity contribution >= 4 is 29.4 Å². The molecular weight excluding hydrogens is 358 g/mol. The molecule has 0 heterocycles. The maximum absolute atomic E-state index is 12.8. The molecule has 7 heteroatoms. The molecule has 0 unspecified atom stereocenters. The van der Waals surface area contributed by atoms with E-state index in [2.05, 4.69) is 0 Å². The van der Waals surface area contributed by atoms with Crippen LogP contribution in [-0.4, -0.2) is 41.0 Å². The van der Waals surface area contributed by atoms with Gasteiger partial charge in [0.15, 0.2) is 12.1 Å². The average Bonchev–Trinajstić information content (AvgIpc) is 2.53. The van der Waals surface area contributed by atoms with E-state index >= 15 is 0 Å². The largest absolute Gasteiger partial charge is 0.458 e. The van der Waals surface area contributed by atoms with Crippen LogP contribution < -0.4 is 0 Å². The molecule has 0 bridgehead atoms. The maximum Gasteiger partial charge on any atom is 0.411 e. The van der Waals surface area contributed by atoms with Crippen LogP contribution in [0.2, 0.25) is 0 Å². The van der Waals surface area contributed by atoms with Crippen molar-refractivity contribution in [3.05, 3.63) is 35.9 Å². The van der Waals surface area contributed by atoms with Gasteiger partial charge in [-0.2, -0.15) is 0 Å². The van der Waals surface area contributed by atoms with Gasteiger partial charge in [0, 0.05) is 13.0 Å². The smallest absolute Gasteiger partial charge is 0.411 e. The molecule has 0 aliphatic heterocycles. The summed E-state index contributed by atoms with van der Waals surface area (Å²) in [6.45, 7) is 6.90. The molecule has 6 nitrogen and oxygen atoms in total. The third-order valence-corrected chi connectivity index (χ3v) is 3.51. The molecule has 0 aliphatic rings. The predicted octanol–water partition coefficient (Wildman–Crippen LogP) is 4.07. The van der Waals surface area contributed by atoms with Crippen LogP contribution in [0.5, 0.6) is 0 Å². The van der Waals surface area contributed by atoms with Gasteiger partial charge in [0.25, 0.3) is 0 Å². The number of esters is 1. The van der Waals surface area contributed by atoms with Gasteiger partial charge >= 0.3 is 12.1 Å². The highest BCUT2D eigenvalue weighted by Gasteiger charge is 2.35. The fraction of sp³-hybridized carbons (Fsp3) is 0.526. The van der Waals surface area contributed by atoms with E-state index in [1.165, 1.54) is 11.8 Å². The number of carbonyl (C=O) groups is 3. The Balaban J connectivity index is 3.19. The highest BCUT2D eigenvalue weighted by atomic mass is 35.5. The van der Waals surface area contributed by atoms with Crippen molar-refractivity contribution in [3.8, 4) is 0 Å². The van der Waals surface area contributed by atoms with Gasteiger partial charge in [-0.05, 0) is 39.7 Å². The molecule has 0 fully saturated rings. The van der Waals surface area contributed by atoms with Crippen LogP contribution in [0.25, 0.3) is 0 Å². The Kier molecular flexibility index (Phi) is 8.58. The van der Waals surface area contributed by atoms with Crippen molar-refractivity contribution in [1.82, 2.24) is 4.90 Å². The molecule has 0 radical (unpaired) electrons. The lowest BCUT2D eigenvalue weighted by Gasteiger charge is -2.32. The van der Waals surface area contributed by atoms with E-state index in [1.807, 2.05) is 6.07 Å². The van der Waals surface area contributed by atoms with Gasteiger partial charge in [-0.15, -0.1) is 0 Å². The summed E-state index contributed by atoms with van der Waals surface area (Å²) in [5, 5.41) is 0. The molecular formula is C19H26ClNO5. The Morgan fingerprint density at radius 2 is 1.77 bits per heavy atom. The Morgan fingerprint density at radius 1 is 1.15 bits per heavy atom. The summed E-state index contributed by atoms with van der Waals surface area (Å²) in [5.41, 5.74) is -0.123. The molecule has 0 saturated carbocycles. The van der Waals surface area contributed by atoms with Crippen molar-refractivity contribution in [2.45, 2.75) is 52.2 Å². The molecule has 0 saturated heterocycles. The van der Waals surface area contributed by atoms with E-state index < -0.39 is 23.7 Å². The van der Waals surface area contributed by atoms with Gasteiger partial charge in [0.2, 0.25) is 0 Å². The first-order valence-corrected chi connectivity index (χ1v) is 8.95. The fourth-order valence-electron chi connectivity index (χ4n) is 2.39. The Bertz CT molecular complexity index is 612. The molecule has 1 amide bonds. The lowest BCUT2D eigenvalue weighted by atomic mass is 10.0. The molecule has 1 atom stereocenters. The minimum Gasteiger partial charge on any atom is -0.458 e. The number of alkyl halides is 1. The first kappa shape index (κ1) is 22.0. The van der Waals surface area contributed by atoms with Gasteiger partial charge in [0.05, 0.1) is 0 Å². The molecule has 0 aliphatic carbocycles. The molecule has 1 aromatic rings. The van der Waals surface area contributed by atoms with Crippen molar-refractivity contribution in [3.63, 3.8) is 0 Å². The number of hydrogen-bond acceptors (Lipinski definition) is 5. The number of ether oxygens (including phenoxy) is 2. The molecule has 1 aromatic carbocycles. The summed E-state index contributed by atoms with van der Waals surface area (Å²) in [4.78, 5) is 37.8. The minimum atomic E-state index is -0.988. The lowest BCUT2D eigenvalue weighted by Crippen LogP contribution is -2.42. The number of halogens is 1. The highest BCUT2D eigenvalue weighted by molar-refractivity contribution is 6.17. The quantitative estimate of drug-likeness (QED) is 0.499. The first-order chi connectivity index (χ1) is 12.2. The zero-order valence-electron chi connectivity index (χ0n) is 15.7. The van der Waals surface area contributed by atoms with Crippen LogP contribution in [0.15, 0.2) is 30.3 Å². The second-order valence-electron chi connectivity index (χ2n) is 6.87. The molecule has 26 heavy (non-hydrogen) atoms. The lowest BCUT2D eigenvalue weighted by molar-refractivity contribution is -0.161. The second kappa shape index (κ2) is 10.2. The molecule has 144 valence electrons. The molecule has 0 aromatic heterocycles. The number of Topliss-reactive ketones (excluding diaryl/α,β-unsaturated/α-hetero) is 1. The van der Waals surface area contributed by atoms with E-state index in [4.69, 9.17) is 21.1 Å². The van der Waals surface area contributed by atoms with Crippen molar-refractivity contribution in [2.75, 3.05) is 12.6 Å². The number of ketones is 1. The zero-order valence-corrected chi connectivity index (χ0v) is 16.4. The van der Waals surface area contributed by atoms with E-state index in [0.717, 1.165) is 0 Å². The van der Waals surface area contributed by atoms with Crippen LogP contribution in [-0.2, 0) is 19.1 Å². The van der Waals surface area contributed by atoms with Crippen LogP contribution in [0.4, 0.5) is 4.79 Å². The Hall–Kier alpha value is -2.08. The van der Waals surface area contributed by atoms with Gasteiger partial charge in [-0.1, -0.05) is 41.9 Å². The maximum atomic E-state index is 12.8. The summed E-state index contributed by atoms with van der Waals surface area (Å²) in [6.07, 6.45) is -0.0393. The monoisotopic (exact) mass is 383 g/mol. The van der Waals surface area contributed by atoms with Gasteiger partial charge in [-0.3, -0.25) is 4.90 Å². The van der Waals surface area contributed by atoms with Crippen molar-refractivity contribution in [2.24, 2.45) is 0 Å². The fourth-order valence-corrected chi connectivity index (χ4v) is 2.48. The van der Waals surface area contributed by atoms with E-state index in [0.29, 0.717) is 18.4 Å².